The van der Waals surface area contributed by atoms with Crippen LogP contribution in [-0.2, 0) is 0 Å². The molecule has 2 N–H and O–H groups in total. The van der Waals surface area contributed by atoms with Crippen LogP contribution in [0.4, 0.5) is 5.82 Å². The monoisotopic (exact) mass is 433 g/mol. The summed E-state index contributed by atoms with van der Waals surface area (Å²) >= 11 is 1.54. The number of amides is 1. The number of nitrogens with one attached hydrogen (secondary N) is 2. The van der Waals surface area contributed by atoms with Crippen molar-refractivity contribution in [1.82, 2.24) is 19.7 Å². The molecule has 0 radical (unpaired) electrons. The lowest BCUT2D eigenvalue weighted by molar-refractivity contribution is 0.102. The lowest BCUT2D eigenvalue weighted by atomic mass is 10.1. The Morgan fingerprint density at radius 1 is 1.13 bits per heavy atom. The normalized spacial score (nSPS) is 11.1. The van der Waals surface area contributed by atoms with Crippen molar-refractivity contribution < 1.29 is 4.79 Å². The molecule has 4 rings (SSSR count). The zero-order chi connectivity index (χ0) is 22.1. The van der Waals surface area contributed by atoms with E-state index in [2.05, 4.69) is 20.4 Å². The van der Waals surface area contributed by atoms with Crippen LogP contribution in [0.3, 0.4) is 0 Å². The highest BCUT2D eigenvalue weighted by molar-refractivity contribution is 7.13. The van der Waals surface area contributed by atoms with E-state index in [4.69, 9.17) is 0 Å². The molecular weight excluding hydrogens is 410 g/mol. The highest BCUT2D eigenvalue weighted by Crippen LogP contribution is 2.28. The van der Waals surface area contributed by atoms with Gasteiger partial charge >= 0.3 is 0 Å². The maximum atomic E-state index is 13.0. The molecule has 4 aromatic rings. The van der Waals surface area contributed by atoms with Crippen molar-refractivity contribution in [3.8, 4) is 16.5 Å². The van der Waals surface area contributed by atoms with Crippen molar-refractivity contribution in [2.45, 2.75) is 33.6 Å². The van der Waals surface area contributed by atoms with Crippen LogP contribution < -0.4 is 10.9 Å². The first kappa shape index (κ1) is 20.7. The summed E-state index contributed by atoms with van der Waals surface area (Å²) in [5, 5.41) is 9.52. The molecule has 31 heavy (non-hydrogen) atoms. The van der Waals surface area contributed by atoms with Gasteiger partial charge < -0.3 is 5.32 Å². The molecule has 0 spiro atoms. The number of H-pyrrole nitrogens is 1. The molecular formula is C23H23N5O2S. The number of hydrogen-bond donors (Lipinski definition) is 2. The van der Waals surface area contributed by atoms with Crippen LogP contribution in [-0.4, -0.2) is 25.7 Å². The minimum Gasteiger partial charge on any atom is -0.306 e. The van der Waals surface area contributed by atoms with Crippen molar-refractivity contribution in [3.05, 3.63) is 80.6 Å². The average Bonchev–Trinajstić information content (AvgIpc) is 3.36. The lowest BCUT2D eigenvalue weighted by Gasteiger charge is -2.11. The van der Waals surface area contributed by atoms with Crippen LogP contribution >= 0.6 is 11.3 Å². The number of aromatic amines is 1. The summed E-state index contributed by atoms with van der Waals surface area (Å²) < 4.78 is 1.48. The summed E-state index contributed by atoms with van der Waals surface area (Å²) in [6.07, 6.45) is 0. The first-order valence-corrected chi connectivity index (χ1v) is 10.8. The molecule has 0 saturated heterocycles. The molecule has 3 aromatic heterocycles. The third-order valence-corrected chi connectivity index (χ3v) is 5.64. The number of rotatable bonds is 5. The third kappa shape index (κ3) is 4.49. The second-order valence-electron chi connectivity index (χ2n) is 7.78. The van der Waals surface area contributed by atoms with Gasteiger partial charge in [0.1, 0.15) is 11.5 Å². The van der Waals surface area contributed by atoms with Gasteiger partial charge in [0.15, 0.2) is 0 Å². The van der Waals surface area contributed by atoms with E-state index in [1.165, 1.54) is 10.7 Å². The quantitative estimate of drug-likeness (QED) is 0.478. The number of aryl methyl sites for hydroxylation is 2. The van der Waals surface area contributed by atoms with Crippen LogP contribution in [0.25, 0.3) is 16.5 Å². The zero-order valence-corrected chi connectivity index (χ0v) is 18.6. The van der Waals surface area contributed by atoms with Gasteiger partial charge in [0.05, 0.1) is 10.6 Å². The van der Waals surface area contributed by atoms with Crippen molar-refractivity contribution in [2.24, 2.45) is 0 Å². The molecule has 7 nitrogen and oxygen atoms in total. The number of aromatic nitrogens is 4. The Balaban J connectivity index is 1.80. The van der Waals surface area contributed by atoms with Gasteiger partial charge in [0, 0.05) is 17.7 Å². The Hall–Kier alpha value is -3.52. The minimum atomic E-state index is -0.270. The second kappa shape index (κ2) is 8.31. The number of hydrogen-bond acceptors (Lipinski definition) is 5. The summed E-state index contributed by atoms with van der Waals surface area (Å²) in [5.41, 5.74) is 3.64. The molecule has 158 valence electrons. The molecule has 1 amide bonds. The van der Waals surface area contributed by atoms with E-state index >= 15 is 0 Å². The van der Waals surface area contributed by atoms with Crippen LogP contribution in [0.2, 0.25) is 0 Å². The number of benzene rings is 1. The molecule has 3 heterocycles. The first-order valence-electron chi connectivity index (χ1n) is 9.95. The summed E-state index contributed by atoms with van der Waals surface area (Å²) in [5.74, 6) is 0.501. The van der Waals surface area contributed by atoms with Gasteiger partial charge in [0.25, 0.3) is 11.5 Å². The zero-order valence-electron chi connectivity index (χ0n) is 17.8. The molecule has 8 heteroatoms. The van der Waals surface area contributed by atoms with E-state index in [1.54, 1.807) is 17.4 Å². The van der Waals surface area contributed by atoms with Crippen LogP contribution in [0, 0.1) is 13.8 Å². The summed E-state index contributed by atoms with van der Waals surface area (Å²) in [6, 6.07) is 12.8. The number of nitrogens with zero attached hydrogens (tertiary/aromatic N) is 3. The number of thiophene rings is 1. The maximum absolute atomic E-state index is 13.0. The molecule has 0 bridgehead atoms. The highest BCUT2D eigenvalue weighted by Gasteiger charge is 2.18. The van der Waals surface area contributed by atoms with Crippen molar-refractivity contribution in [3.63, 3.8) is 0 Å². The van der Waals surface area contributed by atoms with E-state index in [0.717, 1.165) is 16.0 Å². The Morgan fingerprint density at radius 2 is 1.87 bits per heavy atom. The van der Waals surface area contributed by atoms with E-state index in [0.29, 0.717) is 22.8 Å². The van der Waals surface area contributed by atoms with Crippen LogP contribution in [0.1, 0.15) is 46.9 Å². The maximum Gasteiger partial charge on any atom is 0.256 e. The summed E-state index contributed by atoms with van der Waals surface area (Å²) in [4.78, 5) is 33.5. The largest absolute Gasteiger partial charge is 0.306 e. The predicted molar refractivity (Wildman–Crippen MR) is 123 cm³/mol. The summed E-state index contributed by atoms with van der Waals surface area (Å²) in [7, 11) is 0. The number of carbonyl (C=O) groups is 1. The molecule has 1 aromatic carbocycles. The molecule has 0 saturated carbocycles. The van der Waals surface area contributed by atoms with Crippen molar-refractivity contribution in [2.75, 3.05) is 5.32 Å². The Morgan fingerprint density at radius 3 is 2.52 bits per heavy atom. The fraction of sp³-hybridized carbons (Fsp3) is 0.217. The van der Waals surface area contributed by atoms with Gasteiger partial charge in [-0.1, -0.05) is 37.1 Å². The lowest BCUT2D eigenvalue weighted by Crippen LogP contribution is -2.19. The Kier molecular flexibility index (Phi) is 5.56. The second-order valence-corrected chi connectivity index (χ2v) is 8.73. The van der Waals surface area contributed by atoms with E-state index < -0.39 is 0 Å². The number of carbonyl (C=O) groups excluding carboxylic acids is 1. The van der Waals surface area contributed by atoms with Gasteiger partial charge in [-0.3, -0.25) is 14.6 Å². The van der Waals surface area contributed by atoms with Crippen LogP contribution in [0.5, 0.6) is 0 Å². The Bertz CT molecular complexity index is 1280. The molecule has 0 aliphatic carbocycles. The minimum absolute atomic E-state index is 0.0710. The molecule has 0 fully saturated rings. The van der Waals surface area contributed by atoms with E-state index in [-0.39, 0.29) is 23.3 Å². The van der Waals surface area contributed by atoms with Gasteiger partial charge in [-0.25, -0.2) is 4.98 Å². The summed E-state index contributed by atoms with van der Waals surface area (Å²) in [6.45, 7) is 7.84. The van der Waals surface area contributed by atoms with Gasteiger partial charge in [-0.05, 0) is 43.3 Å². The smallest absolute Gasteiger partial charge is 0.256 e. The fourth-order valence-electron chi connectivity index (χ4n) is 3.33. The van der Waals surface area contributed by atoms with Crippen molar-refractivity contribution >= 4 is 23.1 Å². The standard InChI is InChI=1S/C23H23N5O2S/c1-13(2)17-12-21(29)26-23(24-17)28-20(11-18(27-28)19-6-5-7-31-19)25-22(30)16-9-14(3)8-15(4)10-16/h5-13H,1-4H3,(H,25,30)(H,24,26,29). The van der Waals surface area contributed by atoms with Gasteiger partial charge in [-0.2, -0.15) is 9.78 Å². The van der Waals surface area contributed by atoms with Crippen molar-refractivity contribution in [1.29, 1.82) is 0 Å². The molecule has 0 aliphatic heterocycles. The molecule has 0 atom stereocenters. The molecule has 0 aliphatic rings. The fourth-order valence-corrected chi connectivity index (χ4v) is 4.01. The van der Waals surface area contributed by atoms with Crippen LogP contribution in [0.15, 0.2) is 52.6 Å². The third-order valence-electron chi connectivity index (χ3n) is 4.75. The van der Waals surface area contributed by atoms with E-state index in [1.807, 2.05) is 63.4 Å². The number of anilines is 1. The van der Waals surface area contributed by atoms with E-state index in [9.17, 15) is 9.59 Å². The SMILES string of the molecule is Cc1cc(C)cc(C(=O)Nc2cc(-c3cccs3)nn2-c2nc(C(C)C)cc(=O)[nH]2)c1. The average molecular weight is 434 g/mol. The van der Waals surface area contributed by atoms with Gasteiger partial charge in [0.2, 0.25) is 5.95 Å². The topological polar surface area (TPSA) is 92.7 Å². The van der Waals surface area contributed by atoms with Gasteiger partial charge in [-0.15, -0.1) is 11.3 Å². The molecule has 0 unspecified atom stereocenters. The highest BCUT2D eigenvalue weighted by atomic mass is 32.1. The predicted octanol–water partition coefficient (Wildman–Crippen LogP) is 4.68. The Labute approximate surface area is 183 Å². The first-order chi connectivity index (χ1) is 14.8.